The number of aliphatic hydroxyl groups excluding tert-OH is 1. The molecule has 1 amide bonds. The Morgan fingerprint density at radius 1 is 0.500 bits per heavy atom. The Morgan fingerprint density at radius 3 is 1.27 bits per heavy atom. The number of ether oxygens (including phenoxy) is 1. The fourth-order valence-corrected chi connectivity index (χ4v) is 6.17. The van der Waals surface area contributed by atoms with Gasteiger partial charge in [-0.1, -0.05) is 154 Å². The fourth-order valence-electron chi connectivity index (χ4n) is 5.40. The van der Waals surface area contributed by atoms with Crippen molar-refractivity contribution in [3.05, 3.63) is 134 Å². The van der Waals surface area contributed by atoms with Gasteiger partial charge in [0.15, 0.2) is 6.04 Å². The number of carbonyl (C=O) groups is 3. The normalized spacial score (nSPS) is 14.8. The third-order valence-electron chi connectivity index (χ3n) is 8.93. The summed E-state index contributed by atoms with van der Waals surface area (Å²) in [6, 6.07) is -1.59. The summed E-state index contributed by atoms with van der Waals surface area (Å²) in [5, 5.41) is 21.8. The molecule has 0 bridgehead atoms. The van der Waals surface area contributed by atoms with Crippen LogP contribution in [-0.2, 0) is 32.7 Å². The second-order valence-electron chi connectivity index (χ2n) is 14.8. The van der Waals surface area contributed by atoms with Gasteiger partial charge in [-0.05, 0) is 109 Å². The molecule has 0 aliphatic carbocycles. The lowest BCUT2D eigenvalue weighted by molar-refractivity contribution is -0.147. The molecule has 64 heavy (non-hydrogen) atoms. The van der Waals surface area contributed by atoms with E-state index in [0.29, 0.717) is 12.8 Å². The zero-order chi connectivity index (χ0) is 47.0. The first kappa shape index (κ1) is 59.6. The number of phosphoric ester groups is 1. The van der Waals surface area contributed by atoms with Crippen molar-refractivity contribution < 1.29 is 47.8 Å². The Bertz CT molecular complexity index is 1580. The second-order valence-corrected chi connectivity index (χ2v) is 16.3. The highest BCUT2D eigenvalue weighted by atomic mass is 31.2. The van der Waals surface area contributed by atoms with Gasteiger partial charge in [0.05, 0.1) is 13.2 Å². The Labute approximate surface area is 385 Å². The van der Waals surface area contributed by atoms with Crippen LogP contribution in [0, 0.1) is 0 Å². The predicted molar refractivity (Wildman–Crippen MR) is 262 cm³/mol. The van der Waals surface area contributed by atoms with Gasteiger partial charge in [-0.25, -0.2) is 9.36 Å². The smallest absolute Gasteiger partial charge is 0.472 e. The molecule has 3 unspecified atom stereocenters. The number of amides is 1. The molecular weight excluding hydrogens is 830 g/mol. The van der Waals surface area contributed by atoms with Gasteiger partial charge in [0.1, 0.15) is 12.7 Å². The predicted octanol–water partition coefficient (Wildman–Crippen LogP) is 12.6. The monoisotopic (exact) mass is 910 g/mol. The number of hydrogen-bond acceptors (Lipinski definition) is 8. The van der Waals surface area contributed by atoms with E-state index in [-0.39, 0.29) is 12.8 Å². The Balaban J connectivity index is 4.04. The van der Waals surface area contributed by atoms with E-state index < -0.39 is 57.6 Å². The molecule has 3 atom stereocenters. The van der Waals surface area contributed by atoms with Gasteiger partial charge >= 0.3 is 19.8 Å². The zero-order valence-corrected chi connectivity index (χ0v) is 39.7. The van der Waals surface area contributed by atoms with Crippen molar-refractivity contribution in [3.63, 3.8) is 0 Å². The van der Waals surface area contributed by atoms with Crippen molar-refractivity contribution in [1.82, 2.24) is 5.32 Å². The summed E-state index contributed by atoms with van der Waals surface area (Å²) in [4.78, 5) is 46.0. The topological polar surface area (TPSA) is 169 Å². The summed E-state index contributed by atoms with van der Waals surface area (Å²) < 4.78 is 26.8. The van der Waals surface area contributed by atoms with Gasteiger partial charge in [0.2, 0.25) is 5.91 Å². The maximum absolute atomic E-state index is 12.3. The third-order valence-corrected chi connectivity index (χ3v) is 9.89. The van der Waals surface area contributed by atoms with E-state index in [2.05, 4.69) is 147 Å². The highest BCUT2D eigenvalue weighted by Gasteiger charge is 2.28. The van der Waals surface area contributed by atoms with Crippen LogP contribution in [0.1, 0.15) is 142 Å². The molecule has 0 aromatic carbocycles. The molecular formula is C52H80NO10P. The summed E-state index contributed by atoms with van der Waals surface area (Å²) in [5.74, 6) is -2.49. The van der Waals surface area contributed by atoms with Crippen molar-refractivity contribution in [2.24, 2.45) is 0 Å². The number of aliphatic hydroxyl groups is 1. The number of allylic oxidation sites excluding steroid dienone is 22. The lowest BCUT2D eigenvalue weighted by atomic mass is 10.1. The van der Waals surface area contributed by atoms with Crippen molar-refractivity contribution in [2.75, 3.05) is 19.8 Å². The standard InChI is InChI=1S/C52H80NO10P/c1-3-5-7-9-11-13-15-17-19-21-23-24-26-27-29-31-33-35-37-39-41-43-50(55)53-49(52(57)58)47-63-64(59,60)62-46-48(54)45-61-51(56)44-42-40-38-36-34-32-30-28-25-22-20-18-16-14-12-10-8-6-4-2/h5-8,11-14,17-20,23-25,27-29,32-35,48-49,54H,3-4,9-10,15-16,21-22,26,30-31,36-47H2,1-2H3,(H,53,55)(H,57,58)(H,59,60)/b7-5-,8-6-,13-11-,14-12-,19-17-,20-18-,24-23-,28-25-,29-27-,34-32-,35-33-. The number of rotatable bonds is 41. The molecule has 0 aromatic rings. The first-order chi connectivity index (χ1) is 31.1. The lowest BCUT2D eigenvalue weighted by Crippen LogP contribution is -2.43. The molecule has 12 heteroatoms. The Hall–Kier alpha value is -4.38. The molecule has 0 aliphatic heterocycles. The molecule has 0 spiro atoms. The molecule has 0 aliphatic rings. The van der Waals surface area contributed by atoms with E-state index in [9.17, 15) is 34.1 Å². The second kappa shape index (κ2) is 45.2. The van der Waals surface area contributed by atoms with Gasteiger partial charge in [0, 0.05) is 12.8 Å². The van der Waals surface area contributed by atoms with Crippen LogP contribution >= 0.6 is 7.82 Å². The summed E-state index contributed by atoms with van der Waals surface area (Å²) in [5.41, 5.74) is 0. The molecule has 0 saturated heterocycles. The minimum absolute atomic E-state index is 0.0791. The first-order valence-corrected chi connectivity index (χ1v) is 24.7. The largest absolute Gasteiger partial charge is 0.480 e. The van der Waals surface area contributed by atoms with Crippen LogP contribution in [0.25, 0.3) is 0 Å². The number of carbonyl (C=O) groups excluding carboxylic acids is 2. The fraction of sp³-hybridized carbons (Fsp3) is 0.519. The summed E-state index contributed by atoms with van der Waals surface area (Å²) >= 11 is 0. The number of nitrogens with one attached hydrogen (secondary N) is 1. The number of unbranched alkanes of at least 4 members (excludes halogenated alkanes) is 5. The summed E-state index contributed by atoms with van der Waals surface area (Å²) in [7, 11) is -4.79. The maximum Gasteiger partial charge on any atom is 0.472 e. The molecule has 358 valence electrons. The van der Waals surface area contributed by atoms with Gasteiger partial charge in [0.25, 0.3) is 0 Å². The van der Waals surface area contributed by atoms with Crippen LogP contribution < -0.4 is 5.32 Å². The van der Waals surface area contributed by atoms with E-state index in [1.165, 1.54) is 0 Å². The molecule has 4 N–H and O–H groups in total. The molecule has 0 fully saturated rings. The summed E-state index contributed by atoms with van der Waals surface area (Å²) in [6.45, 7) is 2.28. The van der Waals surface area contributed by atoms with E-state index in [4.69, 9.17) is 13.8 Å². The first-order valence-electron chi connectivity index (χ1n) is 23.2. The molecule has 0 saturated carbocycles. The van der Waals surface area contributed by atoms with Crippen LogP contribution in [0.15, 0.2) is 134 Å². The molecule has 0 rings (SSSR count). The Morgan fingerprint density at radius 2 is 0.859 bits per heavy atom. The quantitative estimate of drug-likeness (QED) is 0.0200. The Kier molecular flexibility index (Phi) is 42.1. The minimum Gasteiger partial charge on any atom is -0.480 e. The van der Waals surface area contributed by atoms with Gasteiger partial charge in [-0.2, -0.15) is 0 Å². The van der Waals surface area contributed by atoms with Gasteiger partial charge in [-0.15, -0.1) is 0 Å². The number of carboxylic acid groups (broad SMARTS) is 1. The SMILES string of the molecule is CC/C=C\C/C=C\C/C=C\C/C=C\C/C=C\C/C=C\CCCCC(=O)NC(COP(=O)(O)OCC(O)COC(=O)CCCCC/C=C\C/C=C\C/C=C\C/C=C\C/C=C\CC)C(=O)O. The maximum atomic E-state index is 12.3. The van der Waals surface area contributed by atoms with Crippen molar-refractivity contribution in [2.45, 2.75) is 154 Å². The summed E-state index contributed by atoms with van der Waals surface area (Å²) in [6.07, 6.45) is 61.9. The van der Waals surface area contributed by atoms with Crippen LogP contribution in [-0.4, -0.2) is 64.9 Å². The van der Waals surface area contributed by atoms with E-state index in [1.807, 2.05) is 6.08 Å². The number of carboxylic acids is 1. The number of phosphoric acid groups is 1. The van der Waals surface area contributed by atoms with Crippen LogP contribution in [0.4, 0.5) is 0 Å². The zero-order valence-electron chi connectivity index (χ0n) is 38.8. The molecule has 0 heterocycles. The third kappa shape index (κ3) is 44.2. The van der Waals surface area contributed by atoms with Crippen molar-refractivity contribution in [1.29, 1.82) is 0 Å². The van der Waals surface area contributed by atoms with Crippen LogP contribution in [0.3, 0.4) is 0 Å². The van der Waals surface area contributed by atoms with Crippen molar-refractivity contribution in [3.8, 4) is 0 Å². The minimum atomic E-state index is -4.79. The highest BCUT2D eigenvalue weighted by molar-refractivity contribution is 7.47. The lowest BCUT2D eigenvalue weighted by Gasteiger charge is -2.18. The number of aliphatic carboxylic acids is 1. The van der Waals surface area contributed by atoms with E-state index >= 15 is 0 Å². The number of esters is 1. The van der Waals surface area contributed by atoms with Gasteiger partial charge < -0.3 is 25.2 Å². The molecule has 0 radical (unpaired) electrons. The van der Waals surface area contributed by atoms with Crippen molar-refractivity contribution >= 4 is 25.7 Å². The molecule has 0 aromatic heterocycles. The molecule has 11 nitrogen and oxygen atoms in total. The average Bonchev–Trinajstić information content (AvgIpc) is 3.27. The van der Waals surface area contributed by atoms with Crippen LogP contribution in [0.5, 0.6) is 0 Å². The highest BCUT2D eigenvalue weighted by Crippen LogP contribution is 2.43. The van der Waals surface area contributed by atoms with Crippen LogP contribution in [0.2, 0.25) is 0 Å². The van der Waals surface area contributed by atoms with E-state index in [1.54, 1.807) is 0 Å². The average molecular weight is 910 g/mol. The number of hydrogen-bond donors (Lipinski definition) is 4. The van der Waals surface area contributed by atoms with Gasteiger partial charge in [-0.3, -0.25) is 18.6 Å². The van der Waals surface area contributed by atoms with E-state index in [0.717, 1.165) is 103 Å².